The highest BCUT2D eigenvalue weighted by Crippen LogP contribution is 2.14. The molecule has 0 unspecified atom stereocenters. The Morgan fingerprint density at radius 1 is 1.33 bits per heavy atom. The van der Waals surface area contributed by atoms with Crippen molar-refractivity contribution in [2.45, 2.75) is 0 Å². The Bertz CT molecular complexity index is 587. The van der Waals surface area contributed by atoms with E-state index in [2.05, 4.69) is 15.5 Å². The fourth-order valence-corrected chi connectivity index (χ4v) is 1.55. The maximum atomic E-state index is 5.07. The van der Waals surface area contributed by atoms with Gasteiger partial charge in [-0.1, -0.05) is 24.3 Å². The third-order valence-corrected chi connectivity index (χ3v) is 2.91. The van der Waals surface area contributed by atoms with Gasteiger partial charge in [0.2, 0.25) is 0 Å². The summed E-state index contributed by atoms with van der Waals surface area (Å²) in [7, 11) is 3.72. The van der Waals surface area contributed by atoms with E-state index in [0.29, 0.717) is 5.11 Å². The average Bonchev–Trinajstić information content (AvgIpc) is 2.38. The first kappa shape index (κ1) is 12.4. The number of pyridine rings is 1. The van der Waals surface area contributed by atoms with Gasteiger partial charge in [0.25, 0.3) is 0 Å². The molecule has 0 radical (unpaired) electrons. The first-order chi connectivity index (χ1) is 8.68. The second kappa shape index (κ2) is 5.55. The number of thiocarbonyl (C=S) groups is 1. The lowest BCUT2D eigenvalue weighted by molar-refractivity contribution is 0.606. The lowest BCUT2D eigenvalue weighted by Crippen LogP contribution is -2.30. The van der Waals surface area contributed by atoms with E-state index < -0.39 is 0 Å². The van der Waals surface area contributed by atoms with Gasteiger partial charge in [0, 0.05) is 25.7 Å². The van der Waals surface area contributed by atoms with Crippen molar-refractivity contribution >= 4 is 34.3 Å². The molecule has 0 spiro atoms. The predicted molar refractivity (Wildman–Crippen MR) is 78.8 cm³/mol. The number of hydrogen-bond donors (Lipinski definition) is 1. The van der Waals surface area contributed by atoms with Gasteiger partial charge < -0.3 is 4.90 Å². The van der Waals surface area contributed by atoms with E-state index in [1.165, 1.54) is 0 Å². The Morgan fingerprint density at radius 3 is 2.89 bits per heavy atom. The molecule has 1 N–H and O–H groups in total. The van der Waals surface area contributed by atoms with Gasteiger partial charge in [-0.25, -0.2) is 0 Å². The van der Waals surface area contributed by atoms with E-state index in [1.807, 2.05) is 44.4 Å². The minimum atomic E-state index is 0.562. The Kier molecular flexibility index (Phi) is 3.84. The Labute approximate surface area is 111 Å². The number of aromatic nitrogens is 1. The van der Waals surface area contributed by atoms with Gasteiger partial charge in [0.05, 0.1) is 11.9 Å². The Morgan fingerprint density at radius 2 is 2.11 bits per heavy atom. The number of hydrazone groups is 1. The molecule has 0 aliphatic carbocycles. The standard InChI is InChI=1S/C13H14N4S/c1-17(2)13(18)16-15-9-12-11-6-4-3-5-10(11)7-8-14-12/h3-9H,1-2H3,(H,16,18)/b15-9+. The van der Waals surface area contributed by atoms with Crippen LogP contribution in [0.4, 0.5) is 0 Å². The van der Waals surface area contributed by atoms with Gasteiger partial charge in [-0.15, -0.1) is 0 Å². The zero-order chi connectivity index (χ0) is 13.0. The molecule has 92 valence electrons. The first-order valence-corrected chi connectivity index (χ1v) is 5.93. The zero-order valence-electron chi connectivity index (χ0n) is 10.3. The molecule has 2 aromatic rings. The number of rotatable bonds is 2. The third kappa shape index (κ3) is 2.81. The number of fused-ring (bicyclic) bond motifs is 1. The van der Waals surface area contributed by atoms with Crippen LogP contribution in [0.15, 0.2) is 41.6 Å². The second-order valence-corrected chi connectivity index (χ2v) is 4.37. The van der Waals surface area contributed by atoms with Crippen molar-refractivity contribution in [3.8, 4) is 0 Å². The lowest BCUT2D eigenvalue weighted by Gasteiger charge is -2.11. The topological polar surface area (TPSA) is 40.5 Å². The molecule has 0 amide bonds. The van der Waals surface area contributed by atoms with Crippen LogP contribution >= 0.6 is 12.2 Å². The van der Waals surface area contributed by atoms with Crippen molar-refractivity contribution in [3.05, 3.63) is 42.2 Å². The van der Waals surface area contributed by atoms with Crippen molar-refractivity contribution in [2.24, 2.45) is 5.10 Å². The molecule has 0 atom stereocenters. The zero-order valence-corrected chi connectivity index (χ0v) is 11.1. The molecule has 5 heteroatoms. The van der Waals surface area contributed by atoms with Crippen molar-refractivity contribution in [1.29, 1.82) is 0 Å². The van der Waals surface area contributed by atoms with E-state index in [-0.39, 0.29) is 0 Å². The van der Waals surface area contributed by atoms with Crippen LogP contribution in [0.2, 0.25) is 0 Å². The summed E-state index contributed by atoms with van der Waals surface area (Å²) < 4.78 is 0. The van der Waals surface area contributed by atoms with Crippen molar-refractivity contribution in [2.75, 3.05) is 14.1 Å². The van der Waals surface area contributed by atoms with Crippen molar-refractivity contribution in [1.82, 2.24) is 15.3 Å². The minimum Gasteiger partial charge on any atom is -0.354 e. The summed E-state index contributed by atoms with van der Waals surface area (Å²) in [6.45, 7) is 0. The molecule has 0 saturated heterocycles. The first-order valence-electron chi connectivity index (χ1n) is 5.52. The van der Waals surface area contributed by atoms with Crippen LogP contribution in [0.1, 0.15) is 5.69 Å². The van der Waals surface area contributed by atoms with Crippen molar-refractivity contribution in [3.63, 3.8) is 0 Å². The van der Waals surface area contributed by atoms with Crippen LogP contribution < -0.4 is 5.43 Å². The molecule has 0 bridgehead atoms. The van der Waals surface area contributed by atoms with Gasteiger partial charge in [-0.3, -0.25) is 10.4 Å². The molecule has 1 aromatic carbocycles. The number of benzene rings is 1. The molecular weight excluding hydrogens is 244 g/mol. The molecule has 1 aromatic heterocycles. The normalized spacial score (nSPS) is 10.8. The fraction of sp³-hybridized carbons (Fsp3) is 0.154. The Hall–Kier alpha value is -2.01. The van der Waals surface area contributed by atoms with Gasteiger partial charge >= 0.3 is 0 Å². The maximum Gasteiger partial charge on any atom is 0.189 e. The quantitative estimate of drug-likeness (QED) is 0.508. The van der Waals surface area contributed by atoms with Gasteiger partial charge in [-0.05, 0) is 23.7 Å². The number of nitrogens with one attached hydrogen (secondary N) is 1. The molecule has 0 fully saturated rings. The van der Waals surface area contributed by atoms with Crippen LogP contribution in [0.25, 0.3) is 10.8 Å². The van der Waals surface area contributed by atoms with E-state index >= 15 is 0 Å². The third-order valence-electron chi connectivity index (χ3n) is 2.46. The SMILES string of the molecule is CN(C)C(=S)N/N=C/c1nccc2ccccc12. The number of nitrogens with zero attached hydrogens (tertiary/aromatic N) is 3. The van der Waals surface area contributed by atoms with Gasteiger partial charge in [0.15, 0.2) is 5.11 Å². The summed E-state index contributed by atoms with van der Waals surface area (Å²) in [4.78, 5) is 6.08. The van der Waals surface area contributed by atoms with Crippen molar-refractivity contribution < 1.29 is 0 Å². The van der Waals surface area contributed by atoms with Crippen LogP contribution in [-0.4, -0.2) is 35.3 Å². The highest BCUT2D eigenvalue weighted by atomic mass is 32.1. The highest BCUT2D eigenvalue weighted by Gasteiger charge is 1.99. The molecule has 2 rings (SSSR count). The van der Waals surface area contributed by atoms with Crippen LogP contribution in [0.3, 0.4) is 0 Å². The smallest absolute Gasteiger partial charge is 0.189 e. The van der Waals surface area contributed by atoms with Gasteiger partial charge in [-0.2, -0.15) is 5.10 Å². The molecule has 0 aliphatic rings. The van der Waals surface area contributed by atoms with Crippen LogP contribution in [0.5, 0.6) is 0 Å². The van der Waals surface area contributed by atoms with Crippen LogP contribution in [-0.2, 0) is 0 Å². The fourth-order valence-electron chi connectivity index (χ4n) is 1.49. The summed E-state index contributed by atoms with van der Waals surface area (Å²) >= 11 is 5.07. The molecule has 0 aliphatic heterocycles. The predicted octanol–water partition coefficient (Wildman–Crippen LogP) is 2.00. The summed E-state index contributed by atoms with van der Waals surface area (Å²) in [6, 6.07) is 10.0. The second-order valence-electron chi connectivity index (χ2n) is 3.99. The average molecular weight is 258 g/mol. The van der Waals surface area contributed by atoms with E-state index in [1.54, 1.807) is 17.3 Å². The van der Waals surface area contributed by atoms with Gasteiger partial charge in [0.1, 0.15) is 0 Å². The van der Waals surface area contributed by atoms with Crippen LogP contribution in [0, 0.1) is 0 Å². The largest absolute Gasteiger partial charge is 0.354 e. The summed E-state index contributed by atoms with van der Waals surface area (Å²) in [5.41, 5.74) is 3.60. The van der Waals surface area contributed by atoms with E-state index in [0.717, 1.165) is 16.5 Å². The summed E-state index contributed by atoms with van der Waals surface area (Å²) in [6.07, 6.45) is 3.45. The molecule has 0 saturated carbocycles. The minimum absolute atomic E-state index is 0.562. The molecule has 18 heavy (non-hydrogen) atoms. The number of hydrogen-bond acceptors (Lipinski definition) is 3. The summed E-state index contributed by atoms with van der Waals surface area (Å²) in [5, 5.41) is 6.87. The van der Waals surface area contributed by atoms with E-state index in [4.69, 9.17) is 12.2 Å². The summed E-state index contributed by atoms with van der Waals surface area (Å²) in [5.74, 6) is 0. The Balaban J connectivity index is 2.22. The maximum absolute atomic E-state index is 5.07. The monoisotopic (exact) mass is 258 g/mol. The molecule has 1 heterocycles. The molecular formula is C13H14N4S. The highest BCUT2D eigenvalue weighted by molar-refractivity contribution is 7.80. The lowest BCUT2D eigenvalue weighted by atomic mass is 10.1. The molecule has 4 nitrogen and oxygen atoms in total. The van der Waals surface area contributed by atoms with E-state index in [9.17, 15) is 0 Å².